The standard InChI is InChI=1S/C23H29N7/c1-15(2)12-16-13-20(28-27-16)22-26-21(8-9-23(3,4)5)29-30(22)17-6-7-18-19(14-17)25-11-10-24-18/h6-7,10-11,13-15H,8-9,12H2,1-5H3,(H,27,28). The van der Waals surface area contributed by atoms with Crippen molar-refractivity contribution in [1.82, 2.24) is 34.9 Å². The molecular formula is C23H29N7. The molecule has 0 fully saturated rings. The molecule has 4 rings (SSSR count). The first kappa shape index (κ1) is 20.2. The number of benzene rings is 1. The second kappa shape index (κ2) is 7.97. The van der Waals surface area contributed by atoms with Crippen LogP contribution in [0.25, 0.3) is 28.2 Å². The molecule has 3 heterocycles. The molecule has 7 heteroatoms. The molecule has 0 aliphatic carbocycles. The second-order valence-corrected chi connectivity index (χ2v) is 9.43. The molecule has 0 aliphatic heterocycles. The SMILES string of the molecule is CC(C)Cc1cc(-c2nc(CCC(C)(C)C)nn2-c2ccc3nccnc3c2)n[nH]1. The minimum atomic E-state index is 0.223. The van der Waals surface area contributed by atoms with Crippen molar-refractivity contribution in [2.75, 3.05) is 0 Å². The Morgan fingerprint density at radius 1 is 1.03 bits per heavy atom. The first-order chi connectivity index (χ1) is 14.3. The molecule has 1 aromatic carbocycles. The van der Waals surface area contributed by atoms with Gasteiger partial charge in [0.15, 0.2) is 11.6 Å². The van der Waals surface area contributed by atoms with Crippen LogP contribution in [0.5, 0.6) is 0 Å². The maximum absolute atomic E-state index is 4.87. The Balaban J connectivity index is 1.76. The molecule has 30 heavy (non-hydrogen) atoms. The highest BCUT2D eigenvalue weighted by Gasteiger charge is 2.19. The first-order valence-corrected chi connectivity index (χ1v) is 10.5. The van der Waals surface area contributed by atoms with Gasteiger partial charge in [0.25, 0.3) is 0 Å². The first-order valence-electron chi connectivity index (χ1n) is 10.5. The number of hydrogen-bond donors (Lipinski definition) is 1. The predicted molar refractivity (Wildman–Crippen MR) is 118 cm³/mol. The number of nitrogens with zero attached hydrogens (tertiary/aromatic N) is 6. The minimum absolute atomic E-state index is 0.223. The molecule has 0 amide bonds. The summed E-state index contributed by atoms with van der Waals surface area (Å²) in [5, 5.41) is 12.5. The number of rotatable bonds is 6. The molecule has 4 aromatic rings. The van der Waals surface area contributed by atoms with Crippen LogP contribution in [0.3, 0.4) is 0 Å². The summed E-state index contributed by atoms with van der Waals surface area (Å²) in [6.07, 6.45) is 6.19. The van der Waals surface area contributed by atoms with Crippen molar-refractivity contribution in [3.05, 3.63) is 48.2 Å². The van der Waals surface area contributed by atoms with Crippen LogP contribution in [0.2, 0.25) is 0 Å². The Hall–Kier alpha value is -3.09. The van der Waals surface area contributed by atoms with Crippen molar-refractivity contribution in [3.8, 4) is 17.2 Å². The Labute approximate surface area is 177 Å². The topological polar surface area (TPSA) is 85.2 Å². The van der Waals surface area contributed by atoms with Crippen LogP contribution in [0, 0.1) is 11.3 Å². The van der Waals surface area contributed by atoms with E-state index in [1.165, 1.54) is 0 Å². The van der Waals surface area contributed by atoms with Gasteiger partial charge in [0.05, 0.1) is 16.7 Å². The zero-order valence-electron chi connectivity index (χ0n) is 18.3. The Morgan fingerprint density at radius 3 is 2.53 bits per heavy atom. The highest BCUT2D eigenvalue weighted by Crippen LogP contribution is 2.25. The largest absolute Gasteiger partial charge is 0.282 e. The highest BCUT2D eigenvalue weighted by atomic mass is 15.4. The maximum atomic E-state index is 4.87. The molecule has 1 N–H and O–H groups in total. The Morgan fingerprint density at radius 2 is 1.80 bits per heavy atom. The van der Waals surface area contributed by atoms with E-state index in [0.717, 1.165) is 59.0 Å². The number of H-pyrrole nitrogens is 1. The summed E-state index contributed by atoms with van der Waals surface area (Å²) >= 11 is 0. The van der Waals surface area contributed by atoms with Crippen LogP contribution >= 0.6 is 0 Å². The third-order valence-electron chi connectivity index (χ3n) is 4.94. The van der Waals surface area contributed by atoms with Gasteiger partial charge in [-0.15, -0.1) is 0 Å². The quantitative estimate of drug-likeness (QED) is 0.501. The molecule has 0 unspecified atom stereocenters. The molecule has 0 spiro atoms. The van der Waals surface area contributed by atoms with Crippen molar-refractivity contribution < 1.29 is 0 Å². The van der Waals surface area contributed by atoms with Crippen molar-refractivity contribution in [3.63, 3.8) is 0 Å². The monoisotopic (exact) mass is 403 g/mol. The van der Waals surface area contributed by atoms with E-state index in [1.807, 2.05) is 22.9 Å². The number of nitrogens with one attached hydrogen (secondary N) is 1. The fraction of sp³-hybridized carbons (Fsp3) is 0.435. The van der Waals surface area contributed by atoms with Crippen LogP contribution < -0.4 is 0 Å². The van der Waals surface area contributed by atoms with Crippen LogP contribution in [0.4, 0.5) is 0 Å². The van der Waals surface area contributed by atoms with Gasteiger partial charge in [-0.25, -0.2) is 9.67 Å². The molecular weight excluding hydrogens is 374 g/mol. The van der Waals surface area contributed by atoms with Gasteiger partial charge in [-0.2, -0.15) is 10.2 Å². The van der Waals surface area contributed by atoms with Gasteiger partial charge in [-0.3, -0.25) is 15.1 Å². The lowest BCUT2D eigenvalue weighted by atomic mass is 9.90. The lowest BCUT2D eigenvalue weighted by molar-refractivity contribution is 0.374. The van der Waals surface area contributed by atoms with Crippen molar-refractivity contribution in [2.24, 2.45) is 11.3 Å². The number of hydrogen-bond acceptors (Lipinski definition) is 5. The van der Waals surface area contributed by atoms with E-state index < -0.39 is 0 Å². The van der Waals surface area contributed by atoms with Crippen molar-refractivity contribution >= 4 is 11.0 Å². The number of fused-ring (bicyclic) bond motifs is 1. The molecule has 0 radical (unpaired) electrons. The normalized spacial score (nSPS) is 12.2. The van der Waals surface area contributed by atoms with Crippen LogP contribution in [-0.4, -0.2) is 34.9 Å². The fourth-order valence-electron chi connectivity index (χ4n) is 3.40. The Bertz CT molecular complexity index is 1150. The van der Waals surface area contributed by atoms with E-state index in [1.54, 1.807) is 12.4 Å². The third kappa shape index (κ3) is 4.56. The summed E-state index contributed by atoms with van der Waals surface area (Å²) in [6.45, 7) is 11.1. The highest BCUT2D eigenvalue weighted by molar-refractivity contribution is 5.76. The summed E-state index contributed by atoms with van der Waals surface area (Å²) < 4.78 is 1.88. The minimum Gasteiger partial charge on any atom is -0.282 e. The molecule has 0 saturated heterocycles. The van der Waals surface area contributed by atoms with Gasteiger partial charge in [-0.05, 0) is 48.4 Å². The van der Waals surface area contributed by atoms with Gasteiger partial charge < -0.3 is 0 Å². The van der Waals surface area contributed by atoms with Crippen molar-refractivity contribution in [2.45, 2.75) is 53.9 Å². The summed E-state index contributed by atoms with van der Waals surface area (Å²) in [5.41, 5.74) is 4.72. The molecule has 0 saturated carbocycles. The van der Waals surface area contributed by atoms with Gasteiger partial charge in [0.1, 0.15) is 5.69 Å². The summed E-state index contributed by atoms with van der Waals surface area (Å²) in [6, 6.07) is 8.04. The number of aromatic amines is 1. The molecule has 3 aromatic heterocycles. The zero-order chi connectivity index (χ0) is 21.3. The zero-order valence-corrected chi connectivity index (χ0v) is 18.3. The maximum Gasteiger partial charge on any atom is 0.183 e. The lowest BCUT2D eigenvalue weighted by Gasteiger charge is -2.16. The van der Waals surface area contributed by atoms with Crippen LogP contribution in [0.15, 0.2) is 36.7 Å². The van der Waals surface area contributed by atoms with E-state index in [2.05, 4.69) is 60.9 Å². The summed E-state index contributed by atoms with van der Waals surface area (Å²) in [4.78, 5) is 13.7. The number of aromatic nitrogens is 7. The van der Waals surface area contributed by atoms with Gasteiger partial charge in [-0.1, -0.05) is 34.6 Å². The van der Waals surface area contributed by atoms with Gasteiger partial charge in [0, 0.05) is 24.5 Å². The second-order valence-electron chi connectivity index (χ2n) is 9.43. The van der Waals surface area contributed by atoms with E-state index in [9.17, 15) is 0 Å². The molecule has 0 bridgehead atoms. The van der Waals surface area contributed by atoms with E-state index >= 15 is 0 Å². The fourth-order valence-corrected chi connectivity index (χ4v) is 3.40. The van der Waals surface area contributed by atoms with E-state index in [-0.39, 0.29) is 5.41 Å². The lowest BCUT2D eigenvalue weighted by Crippen LogP contribution is -2.07. The average Bonchev–Trinajstić information content (AvgIpc) is 3.32. The van der Waals surface area contributed by atoms with Crippen LogP contribution in [0.1, 0.15) is 52.6 Å². The average molecular weight is 404 g/mol. The van der Waals surface area contributed by atoms with Crippen LogP contribution in [-0.2, 0) is 12.8 Å². The third-order valence-corrected chi connectivity index (χ3v) is 4.94. The predicted octanol–water partition coefficient (Wildman–Crippen LogP) is 4.78. The van der Waals surface area contributed by atoms with Crippen molar-refractivity contribution in [1.29, 1.82) is 0 Å². The molecule has 156 valence electrons. The van der Waals surface area contributed by atoms with Gasteiger partial charge >= 0.3 is 0 Å². The smallest absolute Gasteiger partial charge is 0.183 e. The number of aryl methyl sites for hydroxylation is 1. The Kier molecular flexibility index (Phi) is 5.37. The summed E-state index contributed by atoms with van der Waals surface area (Å²) in [5.74, 6) is 2.12. The molecule has 0 aliphatic rings. The molecule has 0 atom stereocenters. The van der Waals surface area contributed by atoms with Gasteiger partial charge in [0.2, 0.25) is 0 Å². The summed E-state index contributed by atoms with van der Waals surface area (Å²) in [7, 11) is 0. The van der Waals surface area contributed by atoms with E-state index in [0.29, 0.717) is 5.92 Å². The van der Waals surface area contributed by atoms with E-state index in [4.69, 9.17) is 10.1 Å². The molecule has 7 nitrogen and oxygen atoms in total.